The molecule has 11 heteroatoms. The highest BCUT2D eigenvalue weighted by Gasteiger charge is 2.58. The van der Waals surface area contributed by atoms with Gasteiger partial charge in [0.05, 0.1) is 17.3 Å². The average molecular weight is 374 g/mol. The van der Waals surface area contributed by atoms with E-state index in [2.05, 4.69) is 4.74 Å². The van der Waals surface area contributed by atoms with Crippen LogP contribution in [0.4, 0.5) is 36.4 Å². The van der Waals surface area contributed by atoms with Gasteiger partial charge in [0.1, 0.15) is 0 Å². The Morgan fingerprint density at radius 2 is 1.73 bits per heavy atom. The molecule has 0 saturated heterocycles. The van der Waals surface area contributed by atoms with Gasteiger partial charge < -0.3 is 10.5 Å². The predicted molar refractivity (Wildman–Crippen MR) is 66.4 cm³/mol. The van der Waals surface area contributed by atoms with Crippen LogP contribution in [-0.4, -0.2) is 25.1 Å². The summed E-state index contributed by atoms with van der Waals surface area (Å²) in [5.74, 6) is -1.06. The monoisotopic (exact) mass is 373 g/mol. The van der Waals surface area contributed by atoms with Crippen LogP contribution in [-0.2, 0) is 11.2 Å². The molecule has 0 aliphatic carbocycles. The van der Waals surface area contributed by atoms with Gasteiger partial charge in [-0.3, -0.25) is 0 Å². The van der Waals surface area contributed by atoms with Crippen molar-refractivity contribution in [2.45, 2.75) is 24.9 Å². The quantitative estimate of drug-likeness (QED) is 0.458. The molecule has 1 aromatic rings. The number of anilines is 1. The van der Waals surface area contributed by atoms with Crippen molar-refractivity contribution in [3.63, 3.8) is 0 Å². The summed E-state index contributed by atoms with van der Waals surface area (Å²) in [4.78, 5) is 0. The number of benzene rings is 1. The van der Waals surface area contributed by atoms with E-state index >= 15 is 0 Å². The summed E-state index contributed by atoms with van der Waals surface area (Å²) in [6.07, 6.45) is -15.9. The lowest BCUT2D eigenvalue weighted by Crippen LogP contribution is -2.43. The molecule has 0 saturated carbocycles. The smallest absolute Gasteiger partial charge is 0.396 e. The Bertz CT molecular complexity index is 550. The molecule has 0 spiro atoms. The third-order valence-electron chi connectivity index (χ3n) is 2.51. The van der Waals surface area contributed by atoms with Gasteiger partial charge in [-0.15, -0.1) is 0 Å². The van der Waals surface area contributed by atoms with Gasteiger partial charge in [-0.05, 0) is 18.1 Å². The van der Waals surface area contributed by atoms with Crippen molar-refractivity contribution in [1.82, 2.24) is 0 Å². The minimum Gasteiger partial charge on any atom is -0.396 e. The van der Waals surface area contributed by atoms with Crippen LogP contribution in [0.2, 0.25) is 10.0 Å². The van der Waals surface area contributed by atoms with Crippen LogP contribution in [0.3, 0.4) is 0 Å². The number of halogens is 9. The molecule has 0 amide bonds. The third-order valence-corrected chi connectivity index (χ3v) is 3.24. The zero-order valence-corrected chi connectivity index (χ0v) is 12.0. The van der Waals surface area contributed by atoms with Gasteiger partial charge in [0.2, 0.25) is 0 Å². The summed E-state index contributed by atoms with van der Waals surface area (Å²) in [6, 6.07) is 0.948. The highest BCUT2D eigenvalue weighted by atomic mass is 35.5. The van der Waals surface area contributed by atoms with Crippen molar-refractivity contribution in [1.29, 1.82) is 0 Å². The molecule has 1 rings (SSSR count). The van der Waals surface area contributed by atoms with Crippen molar-refractivity contribution in [3.05, 3.63) is 27.5 Å². The van der Waals surface area contributed by atoms with Gasteiger partial charge >= 0.3 is 12.3 Å². The first-order valence-electron chi connectivity index (χ1n) is 5.52. The van der Waals surface area contributed by atoms with E-state index in [1.807, 2.05) is 0 Å². The second-order valence-corrected chi connectivity index (χ2v) is 4.90. The number of hydrogen-bond acceptors (Lipinski definition) is 2. The summed E-state index contributed by atoms with van der Waals surface area (Å²) in [6.45, 7) is -1.08. The molecular formula is C11H8Cl2F7NO. The molecule has 1 aromatic carbocycles. The van der Waals surface area contributed by atoms with E-state index < -0.39 is 48.0 Å². The maximum absolute atomic E-state index is 13.4. The lowest BCUT2D eigenvalue weighted by Gasteiger charge is -2.22. The molecule has 0 aromatic heterocycles. The predicted octanol–water partition coefficient (Wildman–Crippen LogP) is 4.77. The first kappa shape index (κ1) is 19.1. The number of alkyl halides is 6. The lowest BCUT2D eigenvalue weighted by molar-refractivity contribution is -0.335. The fourth-order valence-electron chi connectivity index (χ4n) is 1.43. The molecule has 0 fully saturated rings. The molecule has 126 valence electrons. The molecule has 0 heterocycles. The van der Waals surface area contributed by atoms with Gasteiger partial charge in [0, 0.05) is 5.02 Å². The Hall–Kier alpha value is -0.930. The van der Waals surface area contributed by atoms with Crippen LogP contribution < -0.4 is 5.73 Å². The molecule has 1 unspecified atom stereocenters. The zero-order chi connectivity index (χ0) is 17.3. The average Bonchev–Trinajstić information content (AvgIpc) is 2.38. The van der Waals surface area contributed by atoms with E-state index in [0.717, 1.165) is 6.07 Å². The molecule has 0 bridgehead atoms. The Morgan fingerprint density at radius 1 is 1.18 bits per heavy atom. The van der Waals surface area contributed by atoms with Gasteiger partial charge in [-0.2, -0.15) is 22.0 Å². The summed E-state index contributed by atoms with van der Waals surface area (Å²) < 4.78 is 91.0. The van der Waals surface area contributed by atoms with E-state index in [9.17, 15) is 30.7 Å². The van der Waals surface area contributed by atoms with E-state index in [-0.39, 0.29) is 10.6 Å². The second-order valence-electron chi connectivity index (χ2n) is 4.12. The normalized spacial score (nSPS) is 14.2. The maximum Gasteiger partial charge on any atom is 0.428 e. The molecule has 2 N–H and O–H groups in total. The number of nitrogen functional groups attached to an aromatic ring is 1. The first-order chi connectivity index (χ1) is 9.88. The summed E-state index contributed by atoms with van der Waals surface area (Å²) in [5.41, 5.74) is 4.61. The van der Waals surface area contributed by atoms with Crippen molar-refractivity contribution in [2.75, 3.05) is 12.3 Å². The number of rotatable bonds is 5. The van der Waals surface area contributed by atoms with E-state index in [0.29, 0.717) is 0 Å². The molecule has 2 nitrogen and oxygen atoms in total. The van der Waals surface area contributed by atoms with E-state index in [4.69, 9.17) is 28.9 Å². The number of hydrogen-bond donors (Lipinski definition) is 1. The largest absolute Gasteiger partial charge is 0.428 e. The standard InChI is InChI=1S/C11H8Cl2F7NO/c12-5-3-6(21)8(14)7(13)4(5)1-2-22-11(19,20)9(15)10(16,17)18/h3,9H,1-2,21H2. The molecule has 1 atom stereocenters. The highest BCUT2D eigenvalue weighted by Crippen LogP contribution is 2.36. The van der Waals surface area contributed by atoms with Gasteiger partial charge in [0.25, 0.3) is 6.17 Å². The van der Waals surface area contributed by atoms with Gasteiger partial charge in [-0.1, -0.05) is 23.2 Å². The summed E-state index contributed by atoms with van der Waals surface area (Å²) >= 11 is 11.2. The topological polar surface area (TPSA) is 35.2 Å². The zero-order valence-electron chi connectivity index (χ0n) is 10.5. The van der Waals surface area contributed by atoms with Crippen LogP contribution >= 0.6 is 23.2 Å². The minimum absolute atomic E-state index is 0.191. The number of nitrogens with two attached hydrogens (primary N) is 1. The third kappa shape index (κ3) is 4.30. The second kappa shape index (κ2) is 6.67. The van der Waals surface area contributed by atoms with Crippen LogP contribution in [0.25, 0.3) is 0 Å². The van der Waals surface area contributed by atoms with E-state index in [1.165, 1.54) is 0 Å². The van der Waals surface area contributed by atoms with Crippen molar-refractivity contribution < 1.29 is 35.5 Å². The van der Waals surface area contributed by atoms with Crippen molar-refractivity contribution >= 4 is 28.9 Å². The number of ether oxygens (including phenoxy) is 1. The SMILES string of the molecule is Nc1cc(Cl)c(CCOC(F)(F)C(F)C(F)(F)F)c(Cl)c1F. The molecule has 0 aliphatic rings. The Labute approximate surface area is 129 Å². The fraction of sp³-hybridized carbons (Fsp3) is 0.455. The maximum atomic E-state index is 13.4. The highest BCUT2D eigenvalue weighted by molar-refractivity contribution is 6.36. The van der Waals surface area contributed by atoms with Crippen LogP contribution in [0, 0.1) is 5.82 Å². The molecule has 22 heavy (non-hydrogen) atoms. The van der Waals surface area contributed by atoms with Crippen molar-refractivity contribution in [3.8, 4) is 0 Å². The van der Waals surface area contributed by atoms with Crippen molar-refractivity contribution in [2.24, 2.45) is 0 Å². The van der Waals surface area contributed by atoms with Crippen LogP contribution in [0.1, 0.15) is 5.56 Å². The van der Waals surface area contributed by atoms with Crippen LogP contribution in [0.5, 0.6) is 0 Å². The minimum atomic E-state index is -5.79. The molecule has 0 aliphatic heterocycles. The van der Waals surface area contributed by atoms with E-state index in [1.54, 1.807) is 0 Å². The lowest BCUT2D eigenvalue weighted by atomic mass is 10.1. The Kier molecular flexibility index (Phi) is 5.80. The summed E-state index contributed by atoms with van der Waals surface area (Å²) in [7, 11) is 0. The summed E-state index contributed by atoms with van der Waals surface area (Å²) in [5, 5.41) is -0.770. The van der Waals surface area contributed by atoms with Gasteiger partial charge in [0.15, 0.2) is 5.82 Å². The first-order valence-corrected chi connectivity index (χ1v) is 6.28. The van der Waals surface area contributed by atoms with Crippen LogP contribution in [0.15, 0.2) is 6.07 Å². The fourth-order valence-corrected chi connectivity index (χ4v) is 2.09. The van der Waals surface area contributed by atoms with Gasteiger partial charge in [-0.25, -0.2) is 8.78 Å². The molecule has 0 radical (unpaired) electrons. The Morgan fingerprint density at radius 3 is 2.23 bits per heavy atom. The Balaban J connectivity index is 2.79. The molecular weight excluding hydrogens is 366 g/mol.